The van der Waals surface area contributed by atoms with Gasteiger partial charge in [-0.2, -0.15) is 18.3 Å². The van der Waals surface area contributed by atoms with Crippen LogP contribution in [0.5, 0.6) is 5.75 Å². The second-order valence-electron chi connectivity index (χ2n) is 6.67. The average Bonchev–Trinajstić information content (AvgIpc) is 3.12. The first-order valence-corrected chi connectivity index (χ1v) is 10.8. The third-order valence-corrected chi connectivity index (χ3v) is 5.94. The molecule has 0 aliphatic carbocycles. The molecule has 0 radical (unpaired) electrons. The van der Waals surface area contributed by atoms with Gasteiger partial charge in [0.2, 0.25) is 0 Å². The number of carbonyl (C=O) groups is 1. The van der Waals surface area contributed by atoms with Crippen LogP contribution >= 0.6 is 35.2 Å². The molecule has 1 heterocycles. The van der Waals surface area contributed by atoms with E-state index in [1.165, 1.54) is 30.3 Å². The Morgan fingerprint density at radius 2 is 1.82 bits per heavy atom. The Labute approximate surface area is 200 Å². The number of carboxylic acid groups (broad SMARTS) is 1. The highest BCUT2D eigenvalue weighted by atomic mass is 35.5. The van der Waals surface area contributed by atoms with E-state index in [1.54, 1.807) is 12.3 Å². The number of rotatable bonds is 5. The van der Waals surface area contributed by atoms with Crippen LogP contribution in [-0.2, 0) is 6.18 Å². The van der Waals surface area contributed by atoms with Crippen molar-refractivity contribution in [3.63, 3.8) is 0 Å². The molecule has 0 saturated carbocycles. The summed E-state index contributed by atoms with van der Waals surface area (Å²) in [5.41, 5.74) is 3.43. The standard InChI is InChI=1S/C21H15ClF3N3O3S2/c1-10(27-28-20(32)26-13-6-7-14(19(30)31)16(22)8-13)15-9-33-18(17(15)29)11-2-4-12(5-3-11)21(23,24)25/h2-9,29H,1H3,(H,30,31)(H2,26,28,32). The SMILES string of the molecule is CC(=NNC(=S)Nc1ccc(C(=O)O)c(Cl)c1)c1csc(-c2ccc(C(F)(F)F)cc2)c1O. The molecule has 0 atom stereocenters. The van der Waals surface area contributed by atoms with Crippen molar-refractivity contribution in [2.75, 3.05) is 5.32 Å². The first-order valence-electron chi connectivity index (χ1n) is 9.10. The molecule has 0 unspecified atom stereocenters. The van der Waals surface area contributed by atoms with Crippen molar-refractivity contribution in [2.24, 2.45) is 5.10 Å². The van der Waals surface area contributed by atoms with Crippen molar-refractivity contribution in [1.29, 1.82) is 0 Å². The summed E-state index contributed by atoms with van der Waals surface area (Å²) in [4.78, 5) is 11.4. The molecule has 4 N–H and O–H groups in total. The number of hydrogen-bond donors (Lipinski definition) is 4. The minimum Gasteiger partial charge on any atom is -0.506 e. The van der Waals surface area contributed by atoms with E-state index in [1.807, 2.05) is 0 Å². The van der Waals surface area contributed by atoms with E-state index >= 15 is 0 Å². The number of aromatic carboxylic acids is 1. The summed E-state index contributed by atoms with van der Waals surface area (Å²) in [6.07, 6.45) is -4.44. The van der Waals surface area contributed by atoms with E-state index in [9.17, 15) is 23.1 Å². The van der Waals surface area contributed by atoms with Crippen LogP contribution in [0.2, 0.25) is 5.02 Å². The number of thiocarbonyl (C=S) groups is 1. The summed E-state index contributed by atoms with van der Waals surface area (Å²) < 4.78 is 38.3. The maximum atomic E-state index is 12.8. The predicted octanol–water partition coefficient (Wildman–Crippen LogP) is 6.20. The van der Waals surface area contributed by atoms with Crippen LogP contribution < -0.4 is 10.7 Å². The Hall–Kier alpha value is -3.15. The van der Waals surface area contributed by atoms with E-state index < -0.39 is 17.7 Å². The largest absolute Gasteiger partial charge is 0.506 e. The Kier molecular flexibility index (Phi) is 7.25. The summed E-state index contributed by atoms with van der Waals surface area (Å²) in [6, 6.07) is 8.71. The lowest BCUT2D eigenvalue weighted by Crippen LogP contribution is -2.25. The van der Waals surface area contributed by atoms with Gasteiger partial charge in [0.25, 0.3) is 0 Å². The molecular weight excluding hydrogens is 499 g/mol. The summed E-state index contributed by atoms with van der Waals surface area (Å²) >= 11 is 12.2. The number of alkyl halides is 3. The molecule has 0 aliphatic rings. The van der Waals surface area contributed by atoms with Gasteiger partial charge in [-0.3, -0.25) is 5.43 Å². The third-order valence-electron chi connectivity index (χ3n) is 4.41. The number of thiophene rings is 1. The quantitative estimate of drug-likeness (QED) is 0.184. The number of hydrogen-bond acceptors (Lipinski definition) is 5. The van der Waals surface area contributed by atoms with Crippen molar-refractivity contribution >= 4 is 57.6 Å². The van der Waals surface area contributed by atoms with E-state index in [0.717, 1.165) is 23.5 Å². The second kappa shape index (κ2) is 9.77. The molecule has 12 heteroatoms. The highest BCUT2D eigenvalue weighted by Crippen LogP contribution is 2.40. The molecule has 0 aliphatic heterocycles. The highest BCUT2D eigenvalue weighted by Gasteiger charge is 2.30. The molecule has 0 amide bonds. The topological polar surface area (TPSA) is 94.0 Å². The number of aromatic hydroxyl groups is 1. The molecule has 6 nitrogen and oxygen atoms in total. The molecule has 3 aromatic rings. The Bertz CT molecular complexity index is 1240. The Morgan fingerprint density at radius 3 is 2.39 bits per heavy atom. The van der Waals surface area contributed by atoms with Gasteiger partial charge < -0.3 is 15.5 Å². The Morgan fingerprint density at radius 1 is 1.15 bits per heavy atom. The van der Waals surface area contributed by atoms with E-state index in [4.69, 9.17) is 28.9 Å². The molecule has 172 valence electrons. The number of hydrazone groups is 1. The zero-order valence-corrected chi connectivity index (χ0v) is 19.1. The lowest BCUT2D eigenvalue weighted by atomic mass is 10.1. The minimum atomic E-state index is -4.44. The first-order chi connectivity index (χ1) is 15.5. The van der Waals surface area contributed by atoms with Crippen molar-refractivity contribution in [1.82, 2.24) is 5.43 Å². The minimum absolute atomic E-state index is 0.0361. The molecule has 33 heavy (non-hydrogen) atoms. The maximum absolute atomic E-state index is 12.8. The van der Waals surface area contributed by atoms with Gasteiger partial charge in [-0.05, 0) is 55.0 Å². The normalized spacial score (nSPS) is 11.8. The van der Waals surface area contributed by atoms with Crippen molar-refractivity contribution in [2.45, 2.75) is 13.1 Å². The van der Waals surface area contributed by atoms with Gasteiger partial charge in [0.15, 0.2) is 5.11 Å². The van der Waals surface area contributed by atoms with Crippen molar-refractivity contribution in [3.05, 3.63) is 69.6 Å². The maximum Gasteiger partial charge on any atom is 0.416 e. The van der Waals surface area contributed by atoms with E-state index in [2.05, 4.69) is 15.8 Å². The molecule has 0 fully saturated rings. The number of carboxylic acids is 1. The number of benzene rings is 2. The average molecular weight is 514 g/mol. The number of nitrogens with zero attached hydrogens (tertiary/aromatic N) is 1. The monoisotopic (exact) mass is 513 g/mol. The zero-order chi connectivity index (χ0) is 24.3. The van der Waals surface area contributed by atoms with Gasteiger partial charge in [-0.15, -0.1) is 11.3 Å². The molecule has 1 aromatic heterocycles. The summed E-state index contributed by atoms with van der Waals surface area (Å²) in [5, 5.41) is 28.2. The Balaban J connectivity index is 1.70. The summed E-state index contributed by atoms with van der Waals surface area (Å²) in [5.74, 6) is -1.27. The lowest BCUT2D eigenvalue weighted by molar-refractivity contribution is -0.137. The molecule has 0 saturated heterocycles. The smallest absolute Gasteiger partial charge is 0.416 e. The summed E-state index contributed by atoms with van der Waals surface area (Å²) in [6.45, 7) is 1.62. The fourth-order valence-corrected chi connectivity index (χ4v) is 4.18. The van der Waals surface area contributed by atoms with E-state index in [0.29, 0.717) is 27.4 Å². The van der Waals surface area contributed by atoms with Crippen LogP contribution in [0.1, 0.15) is 28.4 Å². The van der Waals surface area contributed by atoms with Crippen molar-refractivity contribution in [3.8, 4) is 16.2 Å². The van der Waals surface area contributed by atoms with Crippen LogP contribution in [0.3, 0.4) is 0 Å². The van der Waals surface area contributed by atoms with Crippen LogP contribution in [0, 0.1) is 0 Å². The summed E-state index contributed by atoms with van der Waals surface area (Å²) in [7, 11) is 0. The fourth-order valence-electron chi connectivity index (χ4n) is 2.74. The molecule has 2 aromatic carbocycles. The molecular formula is C21H15ClF3N3O3S2. The van der Waals surface area contributed by atoms with Crippen LogP contribution in [0.25, 0.3) is 10.4 Å². The molecule has 0 bridgehead atoms. The first kappa shape index (κ1) is 24.5. The predicted molar refractivity (Wildman–Crippen MR) is 126 cm³/mol. The van der Waals surface area contributed by atoms with Gasteiger partial charge in [0, 0.05) is 11.1 Å². The van der Waals surface area contributed by atoms with Crippen LogP contribution in [0.15, 0.2) is 52.9 Å². The molecule has 3 rings (SSSR count). The number of nitrogens with one attached hydrogen (secondary N) is 2. The third kappa shape index (κ3) is 5.81. The van der Waals surface area contributed by atoms with Gasteiger partial charge in [0.1, 0.15) is 5.75 Å². The van der Waals surface area contributed by atoms with Gasteiger partial charge in [-0.1, -0.05) is 23.7 Å². The van der Waals surface area contributed by atoms with E-state index in [-0.39, 0.29) is 21.4 Å². The number of anilines is 1. The highest BCUT2D eigenvalue weighted by molar-refractivity contribution is 7.80. The van der Waals surface area contributed by atoms with Gasteiger partial charge >= 0.3 is 12.1 Å². The van der Waals surface area contributed by atoms with Crippen LogP contribution in [0.4, 0.5) is 18.9 Å². The lowest BCUT2D eigenvalue weighted by Gasteiger charge is -2.09. The zero-order valence-electron chi connectivity index (χ0n) is 16.7. The van der Waals surface area contributed by atoms with Crippen molar-refractivity contribution < 1.29 is 28.2 Å². The van der Waals surface area contributed by atoms with Crippen LogP contribution in [-0.4, -0.2) is 27.0 Å². The second-order valence-corrected chi connectivity index (χ2v) is 8.36. The van der Waals surface area contributed by atoms with Gasteiger partial charge in [-0.25, -0.2) is 4.79 Å². The van der Waals surface area contributed by atoms with Gasteiger partial charge in [0.05, 0.1) is 32.3 Å². The fraction of sp³-hybridized carbons (Fsp3) is 0.0952. The molecule has 0 spiro atoms. The number of halogens is 4.